The molecule has 2 rings (SSSR count). The fourth-order valence-corrected chi connectivity index (χ4v) is 1.24. The smallest absolute Gasteiger partial charge is 0.0954 e. The first-order valence-electron chi connectivity index (χ1n) is 3.89. The minimum Gasteiger partial charge on any atom is -0.330 e. The Morgan fingerprint density at radius 1 is 1.50 bits per heavy atom. The van der Waals surface area contributed by atoms with E-state index in [1.54, 1.807) is 6.20 Å². The molecule has 2 aromatic rings. The van der Waals surface area contributed by atoms with Crippen LogP contribution < -0.4 is 5.73 Å². The van der Waals surface area contributed by atoms with Crippen molar-refractivity contribution >= 4 is 10.9 Å². The van der Waals surface area contributed by atoms with Crippen LogP contribution in [0.15, 0.2) is 18.5 Å². The van der Waals surface area contributed by atoms with Crippen LogP contribution in [0.4, 0.5) is 0 Å². The summed E-state index contributed by atoms with van der Waals surface area (Å²) in [6, 6.07) is 1.88. The largest absolute Gasteiger partial charge is 0.330 e. The zero-order valence-electron chi connectivity index (χ0n) is 6.62. The van der Waals surface area contributed by atoms with Crippen LogP contribution >= 0.6 is 0 Å². The van der Waals surface area contributed by atoms with Crippen molar-refractivity contribution < 1.29 is 0 Å². The Kier molecular flexibility index (Phi) is 1.75. The lowest BCUT2D eigenvalue weighted by Crippen LogP contribution is -2.03. The molecule has 0 amide bonds. The van der Waals surface area contributed by atoms with Crippen LogP contribution in [-0.4, -0.2) is 21.7 Å². The number of aromatic nitrogens is 3. The van der Waals surface area contributed by atoms with E-state index in [1.807, 2.05) is 12.3 Å². The first-order valence-corrected chi connectivity index (χ1v) is 3.89. The molecule has 0 atom stereocenters. The highest BCUT2D eigenvalue weighted by atomic mass is 15.1. The number of pyridine rings is 1. The molecule has 0 bridgehead atoms. The maximum Gasteiger partial charge on any atom is 0.0954 e. The molecule has 0 aliphatic heterocycles. The lowest BCUT2D eigenvalue weighted by molar-refractivity contribution is 0.909. The van der Waals surface area contributed by atoms with Gasteiger partial charge in [-0.3, -0.25) is 10.1 Å². The van der Waals surface area contributed by atoms with Crippen LogP contribution in [0.1, 0.15) is 5.69 Å². The highest BCUT2D eigenvalue weighted by Crippen LogP contribution is 2.13. The number of fused-ring (bicyclic) bond motifs is 1. The third-order valence-electron chi connectivity index (χ3n) is 1.83. The zero-order valence-corrected chi connectivity index (χ0v) is 6.62. The molecule has 2 aromatic heterocycles. The highest BCUT2D eigenvalue weighted by Gasteiger charge is 2.02. The van der Waals surface area contributed by atoms with E-state index >= 15 is 0 Å². The lowest BCUT2D eigenvalue weighted by Gasteiger charge is -1.92. The molecular formula is C8H10N4. The molecule has 0 aliphatic carbocycles. The number of nitrogens with one attached hydrogen (secondary N) is 1. The molecule has 3 N–H and O–H groups in total. The van der Waals surface area contributed by atoms with Gasteiger partial charge in [0.15, 0.2) is 0 Å². The van der Waals surface area contributed by atoms with Gasteiger partial charge in [0.25, 0.3) is 0 Å². The van der Waals surface area contributed by atoms with Crippen LogP contribution in [0.5, 0.6) is 0 Å². The zero-order chi connectivity index (χ0) is 8.39. The lowest BCUT2D eigenvalue weighted by atomic mass is 10.2. The number of nitrogens with zero attached hydrogens (tertiary/aromatic N) is 2. The second kappa shape index (κ2) is 2.91. The van der Waals surface area contributed by atoms with Crippen molar-refractivity contribution in [2.75, 3.05) is 6.54 Å². The topological polar surface area (TPSA) is 67.6 Å². The molecule has 0 aromatic carbocycles. The van der Waals surface area contributed by atoms with Gasteiger partial charge in [0.2, 0.25) is 0 Å². The van der Waals surface area contributed by atoms with Gasteiger partial charge in [0.1, 0.15) is 0 Å². The molecule has 0 fully saturated rings. The average molecular weight is 162 g/mol. The van der Waals surface area contributed by atoms with Crippen LogP contribution in [-0.2, 0) is 6.42 Å². The van der Waals surface area contributed by atoms with Gasteiger partial charge >= 0.3 is 0 Å². The van der Waals surface area contributed by atoms with Gasteiger partial charge in [-0.2, -0.15) is 5.10 Å². The first kappa shape index (κ1) is 7.24. The summed E-state index contributed by atoms with van der Waals surface area (Å²) in [5, 5.41) is 8.13. The van der Waals surface area contributed by atoms with Gasteiger partial charge in [0.05, 0.1) is 5.52 Å². The van der Waals surface area contributed by atoms with Crippen molar-refractivity contribution in [2.24, 2.45) is 5.73 Å². The Morgan fingerprint density at radius 3 is 3.25 bits per heavy atom. The fourth-order valence-electron chi connectivity index (χ4n) is 1.24. The van der Waals surface area contributed by atoms with Gasteiger partial charge in [0, 0.05) is 29.9 Å². The van der Waals surface area contributed by atoms with Gasteiger partial charge in [-0.1, -0.05) is 0 Å². The van der Waals surface area contributed by atoms with E-state index < -0.39 is 0 Å². The summed E-state index contributed by atoms with van der Waals surface area (Å²) in [5.74, 6) is 0. The Balaban J connectivity index is 2.55. The number of hydrogen-bond acceptors (Lipinski definition) is 3. The van der Waals surface area contributed by atoms with Crippen LogP contribution in [0.2, 0.25) is 0 Å². The third-order valence-corrected chi connectivity index (χ3v) is 1.83. The summed E-state index contributed by atoms with van der Waals surface area (Å²) in [6.07, 6.45) is 4.36. The summed E-state index contributed by atoms with van der Waals surface area (Å²) in [7, 11) is 0. The van der Waals surface area contributed by atoms with E-state index in [0.717, 1.165) is 23.0 Å². The van der Waals surface area contributed by atoms with Crippen molar-refractivity contribution in [3.63, 3.8) is 0 Å². The standard InChI is InChI=1S/C8H10N4/c9-3-1-7-6-5-10-4-2-8(6)12-11-7/h2,4-5H,1,3,9H2,(H,11,12). The van der Waals surface area contributed by atoms with Crippen LogP contribution in [0, 0.1) is 0 Å². The van der Waals surface area contributed by atoms with E-state index in [2.05, 4.69) is 15.2 Å². The molecule has 0 spiro atoms. The monoisotopic (exact) mass is 162 g/mol. The summed E-state index contributed by atoms with van der Waals surface area (Å²) < 4.78 is 0. The van der Waals surface area contributed by atoms with E-state index in [-0.39, 0.29) is 0 Å². The molecular weight excluding hydrogens is 152 g/mol. The predicted octanol–water partition coefficient (Wildman–Crippen LogP) is 0.459. The molecule has 4 nitrogen and oxygen atoms in total. The van der Waals surface area contributed by atoms with Gasteiger partial charge in [-0.15, -0.1) is 0 Å². The third kappa shape index (κ3) is 1.06. The van der Waals surface area contributed by atoms with E-state index in [0.29, 0.717) is 6.54 Å². The summed E-state index contributed by atoms with van der Waals surface area (Å²) >= 11 is 0. The van der Waals surface area contributed by atoms with Gasteiger partial charge < -0.3 is 5.73 Å². The van der Waals surface area contributed by atoms with Gasteiger partial charge in [-0.05, 0) is 12.6 Å². The number of aromatic amines is 1. The van der Waals surface area contributed by atoms with E-state index in [1.165, 1.54) is 0 Å². The van der Waals surface area contributed by atoms with Crippen molar-refractivity contribution in [1.29, 1.82) is 0 Å². The normalized spacial score (nSPS) is 10.8. The predicted molar refractivity (Wildman–Crippen MR) is 46.6 cm³/mol. The second-order valence-electron chi connectivity index (χ2n) is 2.63. The van der Waals surface area contributed by atoms with Crippen molar-refractivity contribution in [2.45, 2.75) is 6.42 Å². The molecule has 0 saturated heterocycles. The summed E-state index contributed by atoms with van der Waals surface area (Å²) in [6.45, 7) is 0.631. The Morgan fingerprint density at radius 2 is 2.42 bits per heavy atom. The Labute approximate surface area is 69.8 Å². The fraction of sp³-hybridized carbons (Fsp3) is 0.250. The maximum atomic E-state index is 5.44. The molecule has 0 unspecified atom stereocenters. The number of rotatable bonds is 2. The Bertz CT molecular complexity index is 379. The second-order valence-corrected chi connectivity index (χ2v) is 2.63. The first-order chi connectivity index (χ1) is 5.92. The van der Waals surface area contributed by atoms with Crippen molar-refractivity contribution in [3.05, 3.63) is 24.2 Å². The van der Waals surface area contributed by atoms with E-state index in [4.69, 9.17) is 5.73 Å². The molecule has 62 valence electrons. The maximum absolute atomic E-state index is 5.44. The quantitative estimate of drug-likeness (QED) is 0.674. The van der Waals surface area contributed by atoms with Gasteiger partial charge in [-0.25, -0.2) is 0 Å². The van der Waals surface area contributed by atoms with E-state index in [9.17, 15) is 0 Å². The summed E-state index contributed by atoms with van der Waals surface area (Å²) in [4.78, 5) is 4.03. The molecule has 0 aliphatic rings. The molecule has 4 heteroatoms. The summed E-state index contributed by atoms with van der Waals surface area (Å²) in [5.41, 5.74) is 7.46. The van der Waals surface area contributed by atoms with Crippen molar-refractivity contribution in [1.82, 2.24) is 15.2 Å². The molecule has 2 heterocycles. The molecule has 0 radical (unpaired) electrons. The number of nitrogens with two attached hydrogens (primary N) is 1. The highest BCUT2D eigenvalue weighted by molar-refractivity contribution is 5.79. The minimum atomic E-state index is 0.631. The number of hydrogen-bond donors (Lipinski definition) is 2. The van der Waals surface area contributed by atoms with Crippen LogP contribution in [0.25, 0.3) is 10.9 Å². The Hall–Kier alpha value is -1.42. The van der Waals surface area contributed by atoms with Crippen molar-refractivity contribution in [3.8, 4) is 0 Å². The van der Waals surface area contributed by atoms with Crippen LogP contribution in [0.3, 0.4) is 0 Å². The minimum absolute atomic E-state index is 0.631. The average Bonchev–Trinajstić information content (AvgIpc) is 2.50. The number of H-pyrrole nitrogens is 1. The molecule has 0 saturated carbocycles. The SMILES string of the molecule is NCCc1[nH]nc2ccncc12. The molecule has 12 heavy (non-hydrogen) atoms.